The number of hydrogen-bond donors (Lipinski definition) is 2. The molecule has 0 spiro atoms. The fourth-order valence-corrected chi connectivity index (χ4v) is 4.06. The summed E-state index contributed by atoms with van der Waals surface area (Å²) in [6.45, 7) is 7.07. The van der Waals surface area contributed by atoms with Crippen LogP contribution in [0, 0.1) is 19.7 Å². The molecule has 2 aromatic carbocycles. The van der Waals surface area contributed by atoms with Crippen LogP contribution in [0.4, 0.5) is 4.39 Å². The predicted molar refractivity (Wildman–Crippen MR) is 118 cm³/mol. The van der Waals surface area contributed by atoms with E-state index in [1.807, 2.05) is 29.7 Å². The highest BCUT2D eigenvalue weighted by Crippen LogP contribution is 2.27. The van der Waals surface area contributed by atoms with Crippen LogP contribution in [0.5, 0.6) is 0 Å². The maximum absolute atomic E-state index is 14.3. The summed E-state index contributed by atoms with van der Waals surface area (Å²) in [5.74, 6) is -1.09. The summed E-state index contributed by atoms with van der Waals surface area (Å²) in [5.41, 5.74) is 3.95. The van der Waals surface area contributed by atoms with E-state index in [4.69, 9.17) is 11.6 Å². The number of hydrogen-bond acceptors (Lipinski definition) is 2. The fourth-order valence-electron chi connectivity index (χ4n) is 3.84. The maximum atomic E-state index is 14.3. The first-order valence-corrected chi connectivity index (χ1v) is 10.3. The van der Waals surface area contributed by atoms with Gasteiger partial charge in [0.15, 0.2) is 0 Å². The highest BCUT2D eigenvalue weighted by molar-refractivity contribution is 6.31. The molecule has 6 heteroatoms. The van der Waals surface area contributed by atoms with E-state index >= 15 is 0 Å². The summed E-state index contributed by atoms with van der Waals surface area (Å²) in [4.78, 5) is 12.0. The monoisotopic (exact) mass is 428 g/mol. The van der Waals surface area contributed by atoms with Gasteiger partial charge in [0.05, 0.1) is 12.1 Å². The lowest BCUT2D eigenvalue weighted by Crippen LogP contribution is -2.21. The lowest BCUT2D eigenvalue weighted by Gasteiger charge is -2.14. The Labute approximate surface area is 181 Å². The largest absolute Gasteiger partial charge is 0.478 e. The summed E-state index contributed by atoms with van der Waals surface area (Å²) in [5, 5.41) is 13.5. The number of benzene rings is 2. The summed E-state index contributed by atoms with van der Waals surface area (Å²) >= 11 is 6.19. The zero-order chi connectivity index (χ0) is 21.8. The molecule has 4 nitrogen and oxygen atoms in total. The Morgan fingerprint density at radius 3 is 2.43 bits per heavy atom. The molecule has 3 aromatic rings. The Kier molecular flexibility index (Phi) is 6.95. The Morgan fingerprint density at radius 2 is 1.80 bits per heavy atom. The minimum Gasteiger partial charge on any atom is -0.478 e. The molecule has 1 atom stereocenters. The second kappa shape index (κ2) is 9.45. The van der Waals surface area contributed by atoms with Crippen molar-refractivity contribution < 1.29 is 14.3 Å². The van der Waals surface area contributed by atoms with Crippen LogP contribution >= 0.6 is 11.6 Å². The van der Waals surface area contributed by atoms with E-state index in [9.17, 15) is 14.3 Å². The van der Waals surface area contributed by atoms with E-state index in [1.54, 1.807) is 19.1 Å². The number of aromatic nitrogens is 1. The predicted octanol–water partition coefficient (Wildman–Crippen LogP) is 5.54. The van der Waals surface area contributed by atoms with E-state index in [2.05, 4.69) is 24.4 Å². The molecule has 0 saturated heterocycles. The Bertz CT molecular complexity index is 1030. The van der Waals surface area contributed by atoms with Gasteiger partial charge in [-0.3, -0.25) is 0 Å². The molecule has 30 heavy (non-hydrogen) atoms. The van der Waals surface area contributed by atoms with Gasteiger partial charge in [-0.05, 0) is 37.5 Å². The van der Waals surface area contributed by atoms with Crippen LogP contribution in [-0.4, -0.2) is 22.2 Å². The van der Waals surface area contributed by atoms with Crippen LogP contribution in [0.2, 0.25) is 5.02 Å². The first-order chi connectivity index (χ1) is 14.3. The number of halogens is 2. The van der Waals surface area contributed by atoms with Crippen LogP contribution in [0.25, 0.3) is 0 Å². The molecule has 0 aliphatic carbocycles. The highest BCUT2D eigenvalue weighted by atomic mass is 35.5. The SMILES string of the molecule is Cc1c(CNC[C@H](C)c2ccccc2)c(C(=O)O)c(C)n1Cc1c(F)cccc1Cl. The number of carboxylic acid groups (broad SMARTS) is 1. The summed E-state index contributed by atoms with van der Waals surface area (Å²) in [6.07, 6.45) is 0. The quantitative estimate of drug-likeness (QED) is 0.495. The van der Waals surface area contributed by atoms with Gasteiger partial charge in [-0.2, -0.15) is 0 Å². The second-order valence-electron chi connectivity index (χ2n) is 7.56. The number of rotatable bonds is 8. The first kappa shape index (κ1) is 22.1. The third-order valence-electron chi connectivity index (χ3n) is 5.62. The van der Waals surface area contributed by atoms with Crippen molar-refractivity contribution in [1.29, 1.82) is 0 Å². The molecular formula is C24H26ClFN2O2. The van der Waals surface area contributed by atoms with Gasteiger partial charge in [0.25, 0.3) is 0 Å². The van der Waals surface area contributed by atoms with Crippen LogP contribution in [-0.2, 0) is 13.1 Å². The van der Waals surface area contributed by atoms with Gasteiger partial charge in [0.1, 0.15) is 5.82 Å². The molecular weight excluding hydrogens is 403 g/mol. The van der Waals surface area contributed by atoms with Gasteiger partial charge >= 0.3 is 5.97 Å². The number of carbonyl (C=O) groups is 1. The van der Waals surface area contributed by atoms with Crippen LogP contribution in [0.1, 0.15) is 51.3 Å². The van der Waals surface area contributed by atoms with Crippen molar-refractivity contribution in [3.05, 3.63) is 93.0 Å². The van der Waals surface area contributed by atoms with Gasteiger partial charge in [0, 0.05) is 40.6 Å². The van der Waals surface area contributed by atoms with Crippen molar-refractivity contribution in [2.24, 2.45) is 0 Å². The number of aromatic carboxylic acids is 1. The smallest absolute Gasteiger partial charge is 0.337 e. The van der Waals surface area contributed by atoms with E-state index in [1.165, 1.54) is 11.6 Å². The molecule has 0 fully saturated rings. The van der Waals surface area contributed by atoms with Crippen molar-refractivity contribution in [2.75, 3.05) is 6.54 Å². The minimum absolute atomic E-state index is 0.184. The van der Waals surface area contributed by atoms with Crippen LogP contribution < -0.4 is 5.32 Å². The van der Waals surface area contributed by atoms with E-state index in [0.29, 0.717) is 40.9 Å². The van der Waals surface area contributed by atoms with Crippen molar-refractivity contribution in [1.82, 2.24) is 9.88 Å². The fraction of sp³-hybridized carbons (Fsp3) is 0.292. The molecule has 0 radical (unpaired) electrons. The lowest BCUT2D eigenvalue weighted by molar-refractivity contribution is 0.0694. The molecule has 0 amide bonds. The average molecular weight is 429 g/mol. The molecule has 1 heterocycles. The number of nitrogens with zero attached hydrogens (tertiary/aromatic N) is 1. The summed E-state index contributed by atoms with van der Waals surface area (Å²) in [7, 11) is 0. The van der Waals surface area contributed by atoms with Gasteiger partial charge in [0.2, 0.25) is 0 Å². The highest BCUT2D eigenvalue weighted by Gasteiger charge is 2.23. The van der Waals surface area contributed by atoms with E-state index in [0.717, 1.165) is 5.69 Å². The third kappa shape index (κ3) is 4.58. The lowest BCUT2D eigenvalue weighted by atomic mass is 10.0. The Hall–Kier alpha value is -2.63. The topological polar surface area (TPSA) is 54.3 Å². The second-order valence-corrected chi connectivity index (χ2v) is 7.97. The van der Waals surface area contributed by atoms with Crippen molar-refractivity contribution in [3.8, 4) is 0 Å². The number of carboxylic acids is 1. The normalized spacial score (nSPS) is 12.2. The molecule has 0 aliphatic rings. The minimum atomic E-state index is -0.984. The molecule has 0 saturated carbocycles. The Morgan fingerprint density at radius 1 is 1.10 bits per heavy atom. The molecule has 0 aliphatic heterocycles. The number of nitrogens with one attached hydrogen (secondary N) is 1. The first-order valence-electron chi connectivity index (χ1n) is 9.91. The van der Waals surface area contributed by atoms with Crippen molar-refractivity contribution >= 4 is 17.6 Å². The Balaban J connectivity index is 1.84. The standard InChI is InChI=1S/C24H26ClFN2O2/c1-15(18-8-5-4-6-9-18)12-27-13-19-16(2)28(17(3)23(19)24(29)30)14-20-21(25)10-7-11-22(20)26/h4-11,15,27H,12-14H2,1-3H3,(H,29,30)/t15-/m0/s1. The molecule has 2 N–H and O–H groups in total. The maximum Gasteiger partial charge on any atom is 0.337 e. The van der Waals surface area contributed by atoms with Crippen molar-refractivity contribution in [3.63, 3.8) is 0 Å². The zero-order valence-electron chi connectivity index (χ0n) is 17.4. The molecule has 0 bridgehead atoms. The van der Waals surface area contributed by atoms with Gasteiger partial charge < -0.3 is 15.0 Å². The zero-order valence-corrected chi connectivity index (χ0v) is 18.1. The van der Waals surface area contributed by atoms with E-state index in [-0.39, 0.29) is 12.1 Å². The average Bonchev–Trinajstić information content (AvgIpc) is 2.95. The van der Waals surface area contributed by atoms with Crippen molar-refractivity contribution in [2.45, 2.75) is 39.8 Å². The molecule has 158 valence electrons. The van der Waals surface area contributed by atoms with Gasteiger partial charge in [-0.25, -0.2) is 9.18 Å². The van der Waals surface area contributed by atoms with Crippen LogP contribution in [0.3, 0.4) is 0 Å². The van der Waals surface area contributed by atoms with Gasteiger partial charge in [-0.15, -0.1) is 0 Å². The third-order valence-corrected chi connectivity index (χ3v) is 5.98. The summed E-state index contributed by atoms with van der Waals surface area (Å²) in [6, 6.07) is 14.7. The van der Waals surface area contributed by atoms with Crippen LogP contribution in [0.15, 0.2) is 48.5 Å². The molecule has 3 rings (SSSR count). The molecule has 0 unspecified atom stereocenters. The van der Waals surface area contributed by atoms with Gasteiger partial charge in [-0.1, -0.05) is 54.9 Å². The molecule has 1 aromatic heterocycles. The van der Waals surface area contributed by atoms with E-state index < -0.39 is 11.8 Å². The summed E-state index contributed by atoms with van der Waals surface area (Å²) < 4.78 is 16.1.